The molecule has 1 aromatic heterocycles. The van der Waals surface area contributed by atoms with Crippen molar-refractivity contribution < 1.29 is 0 Å². The third kappa shape index (κ3) is 3.07. The lowest BCUT2D eigenvalue weighted by molar-refractivity contribution is 0.311. The molecule has 0 fully saturated rings. The fraction of sp³-hybridized carbons (Fsp3) is 0.562. The maximum atomic E-state index is 6.34. The van der Waals surface area contributed by atoms with Crippen molar-refractivity contribution in [2.24, 2.45) is 11.1 Å². The molecular weight excluding hydrogens is 314 g/mol. The van der Waals surface area contributed by atoms with Gasteiger partial charge in [-0.05, 0) is 37.5 Å². The highest BCUT2D eigenvalue weighted by Crippen LogP contribution is 2.27. The van der Waals surface area contributed by atoms with Crippen LogP contribution < -0.4 is 5.73 Å². The van der Waals surface area contributed by atoms with Crippen LogP contribution in [-0.4, -0.2) is 15.6 Å². The summed E-state index contributed by atoms with van der Waals surface area (Å²) in [6.45, 7) is 10.9. The van der Waals surface area contributed by atoms with E-state index in [9.17, 15) is 0 Å². The highest BCUT2D eigenvalue weighted by atomic mass is 79.9. The summed E-state index contributed by atoms with van der Waals surface area (Å²) in [6.07, 6.45) is 0.800. The van der Waals surface area contributed by atoms with E-state index in [1.807, 2.05) is 0 Å². The minimum atomic E-state index is 0.0839. The summed E-state index contributed by atoms with van der Waals surface area (Å²) in [5.74, 6) is 1.08. The molecule has 0 aliphatic rings. The first-order chi connectivity index (χ1) is 9.20. The van der Waals surface area contributed by atoms with Gasteiger partial charge in [-0.3, -0.25) is 0 Å². The zero-order chi connectivity index (χ0) is 15.1. The number of halogens is 1. The van der Waals surface area contributed by atoms with E-state index >= 15 is 0 Å². The number of aromatic nitrogens is 2. The van der Waals surface area contributed by atoms with Gasteiger partial charge in [-0.2, -0.15) is 0 Å². The van der Waals surface area contributed by atoms with Crippen LogP contribution in [0.3, 0.4) is 0 Å². The maximum Gasteiger partial charge on any atom is 0.111 e. The Labute approximate surface area is 129 Å². The fourth-order valence-electron chi connectivity index (χ4n) is 2.34. The van der Waals surface area contributed by atoms with E-state index in [0.717, 1.165) is 22.2 Å². The average Bonchev–Trinajstić information content (AvgIpc) is 2.64. The molecular formula is C16H24BrN3. The minimum absolute atomic E-state index is 0.0839. The Balaban J connectivity index is 2.49. The monoisotopic (exact) mass is 337 g/mol. The van der Waals surface area contributed by atoms with Gasteiger partial charge in [-0.15, -0.1) is 0 Å². The van der Waals surface area contributed by atoms with E-state index in [-0.39, 0.29) is 11.5 Å². The topological polar surface area (TPSA) is 43.8 Å². The van der Waals surface area contributed by atoms with E-state index in [1.54, 1.807) is 0 Å². The molecule has 1 unspecified atom stereocenters. The van der Waals surface area contributed by atoms with Gasteiger partial charge >= 0.3 is 0 Å². The molecule has 0 spiro atoms. The van der Waals surface area contributed by atoms with E-state index in [0.29, 0.717) is 6.04 Å². The van der Waals surface area contributed by atoms with E-state index < -0.39 is 0 Å². The van der Waals surface area contributed by atoms with Gasteiger partial charge in [0.25, 0.3) is 0 Å². The number of benzene rings is 1. The Kier molecular flexibility index (Phi) is 4.26. The lowest BCUT2D eigenvalue weighted by Gasteiger charge is -2.27. The van der Waals surface area contributed by atoms with E-state index in [2.05, 4.69) is 73.3 Å². The lowest BCUT2D eigenvalue weighted by atomic mass is 9.85. The van der Waals surface area contributed by atoms with E-state index in [4.69, 9.17) is 10.7 Å². The van der Waals surface area contributed by atoms with Crippen LogP contribution in [0.4, 0.5) is 0 Å². The van der Waals surface area contributed by atoms with Crippen molar-refractivity contribution in [3.8, 4) is 0 Å². The molecule has 0 radical (unpaired) electrons. The minimum Gasteiger partial charge on any atom is -0.327 e. The van der Waals surface area contributed by atoms with Crippen LogP contribution in [0.5, 0.6) is 0 Å². The summed E-state index contributed by atoms with van der Waals surface area (Å²) >= 11 is 3.51. The predicted molar refractivity (Wildman–Crippen MR) is 89.0 cm³/mol. The van der Waals surface area contributed by atoms with Crippen LogP contribution >= 0.6 is 15.9 Å². The third-order valence-electron chi connectivity index (χ3n) is 3.76. The van der Waals surface area contributed by atoms with Crippen LogP contribution in [0.2, 0.25) is 0 Å². The van der Waals surface area contributed by atoms with Gasteiger partial charge in [0, 0.05) is 23.0 Å². The van der Waals surface area contributed by atoms with Gasteiger partial charge in [-0.1, -0.05) is 36.7 Å². The number of nitrogens with two attached hydrogens (primary N) is 1. The van der Waals surface area contributed by atoms with Gasteiger partial charge in [0.1, 0.15) is 5.82 Å². The second-order valence-corrected chi connectivity index (χ2v) is 7.72. The average molecular weight is 338 g/mol. The molecule has 0 amide bonds. The maximum absolute atomic E-state index is 6.34. The lowest BCUT2D eigenvalue weighted by Crippen LogP contribution is -2.37. The SMILES string of the molecule is CC(C)n1c(CC(N)C(C)(C)C)nc2cc(Br)ccc21. The van der Waals surface area contributed by atoms with Crippen molar-refractivity contribution in [3.05, 3.63) is 28.5 Å². The van der Waals surface area contributed by atoms with Gasteiger partial charge in [0.15, 0.2) is 0 Å². The molecule has 3 nitrogen and oxygen atoms in total. The molecule has 0 aliphatic carbocycles. The van der Waals surface area contributed by atoms with Crippen molar-refractivity contribution in [2.75, 3.05) is 0 Å². The Morgan fingerprint density at radius 1 is 1.30 bits per heavy atom. The number of imidazole rings is 1. The summed E-state index contributed by atoms with van der Waals surface area (Å²) in [4.78, 5) is 4.80. The molecule has 20 heavy (non-hydrogen) atoms. The smallest absolute Gasteiger partial charge is 0.111 e. The van der Waals surface area contributed by atoms with Crippen LogP contribution in [0.1, 0.15) is 46.5 Å². The molecule has 110 valence electrons. The molecule has 2 N–H and O–H groups in total. The van der Waals surface area contributed by atoms with Crippen LogP contribution in [0.25, 0.3) is 11.0 Å². The Morgan fingerprint density at radius 3 is 2.50 bits per heavy atom. The first-order valence-corrected chi connectivity index (χ1v) is 7.91. The van der Waals surface area contributed by atoms with Crippen LogP contribution in [-0.2, 0) is 6.42 Å². The number of hydrogen-bond acceptors (Lipinski definition) is 2. The largest absolute Gasteiger partial charge is 0.327 e. The molecule has 2 rings (SSSR count). The molecule has 0 saturated carbocycles. The first kappa shape index (κ1) is 15.5. The van der Waals surface area contributed by atoms with Crippen molar-refractivity contribution in [2.45, 2.75) is 53.1 Å². The summed E-state index contributed by atoms with van der Waals surface area (Å²) in [7, 11) is 0. The Hall–Kier alpha value is -0.870. The van der Waals surface area contributed by atoms with Crippen molar-refractivity contribution in [1.82, 2.24) is 9.55 Å². The van der Waals surface area contributed by atoms with Crippen molar-refractivity contribution in [1.29, 1.82) is 0 Å². The normalized spacial score (nSPS) is 14.2. The number of nitrogens with zero attached hydrogens (tertiary/aromatic N) is 2. The third-order valence-corrected chi connectivity index (χ3v) is 4.25. The van der Waals surface area contributed by atoms with Gasteiger partial charge in [0.2, 0.25) is 0 Å². The summed E-state index contributed by atoms with van der Waals surface area (Å²) < 4.78 is 3.36. The molecule has 0 saturated heterocycles. The summed E-state index contributed by atoms with van der Waals surface area (Å²) in [6, 6.07) is 6.73. The summed E-state index contributed by atoms with van der Waals surface area (Å²) in [5, 5.41) is 0. The fourth-order valence-corrected chi connectivity index (χ4v) is 2.69. The van der Waals surface area contributed by atoms with E-state index in [1.165, 1.54) is 5.52 Å². The molecule has 0 aliphatic heterocycles. The number of fused-ring (bicyclic) bond motifs is 1. The summed E-state index contributed by atoms with van der Waals surface area (Å²) in [5.41, 5.74) is 8.64. The van der Waals surface area contributed by atoms with Gasteiger partial charge < -0.3 is 10.3 Å². The molecule has 0 bridgehead atoms. The first-order valence-electron chi connectivity index (χ1n) is 7.12. The highest BCUT2D eigenvalue weighted by Gasteiger charge is 2.24. The Morgan fingerprint density at radius 2 is 1.95 bits per heavy atom. The number of hydrogen-bond donors (Lipinski definition) is 1. The second kappa shape index (κ2) is 5.49. The molecule has 1 aromatic carbocycles. The van der Waals surface area contributed by atoms with Crippen molar-refractivity contribution >= 4 is 27.0 Å². The highest BCUT2D eigenvalue weighted by molar-refractivity contribution is 9.10. The predicted octanol–water partition coefficient (Wildman–Crippen LogP) is 4.30. The molecule has 1 atom stereocenters. The van der Waals surface area contributed by atoms with Gasteiger partial charge in [0.05, 0.1) is 11.0 Å². The zero-order valence-electron chi connectivity index (χ0n) is 12.9. The molecule has 1 heterocycles. The molecule has 2 aromatic rings. The zero-order valence-corrected chi connectivity index (χ0v) is 14.5. The van der Waals surface area contributed by atoms with Crippen LogP contribution in [0, 0.1) is 5.41 Å². The Bertz CT molecular complexity index is 608. The molecule has 4 heteroatoms. The standard InChI is InChI=1S/C16H24BrN3/c1-10(2)20-13-7-6-11(17)8-12(13)19-15(20)9-14(18)16(3,4)5/h6-8,10,14H,9,18H2,1-5H3. The second-order valence-electron chi connectivity index (χ2n) is 6.80. The van der Waals surface area contributed by atoms with Crippen molar-refractivity contribution in [3.63, 3.8) is 0 Å². The quantitative estimate of drug-likeness (QED) is 0.907. The van der Waals surface area contributed by atoms with Crippen LogP contribution in [0.15, 0.2) is 22.7 Å². The van der Waals surface area contributed by atoms with Gasteiger partial charge in [-0.25, -0.2) is 4.98 Å². The number of rotatable bonds is 3.